The largest absolute Gasteiger partial charge is 0.497 e. The van der Waals surface area contributed by atoms with E-state index in [1.54, 1.807) is 33.0 Å². The topological polar surface area (TPSA) is 64.8 Å². The number of carbonyl (C=O) groups excluding carboxylic acids is 1. The molecule has 1 aliphatic heterocycles. The van der Waals surface area contributed by atoms with E-state index in [0.717, 1.165) is 11.3 Å². The minimum atomic E-state index is -0.811. The van der Waals surface area contributed by atoms with Gasteiger partial charge in [0.15, 0.2) is 0 Å². The summed E-state index contributed by atoms with van der Waals surface area (Å²) < 4.78 is 10.4. The Labute approximate surface area is 126 Å². The highest BCUT2D eigenvalue weighted by Crippen LogP contribution is 2.29. The molecule has 1 aromatic rings. The number of benzene rings is 1. The molecule has 116 valence electrons. The van der Waals surface area contributed by atoms with Crippen molar-refractivity contribution in [1.29, 1.82) is 0 Å². The number of hydrogen-bond acceptors (Lipinski definition) is 4. The molecule has 2 unspecified atom stereocenters. The maximum atomic E-state index is 12.4. The van der Waals surface area contributed by atoms with Crippen LogP contribution >= 0.6 is 0 Å². The Morgan fingerprint density at radius 2 is 1.86 bits per heavy atom. The number of carbonyl (C=O) groups is 1. The number of rotatable bonds is 4. The summed E-state index contributed by atoms with van der Waals surface area (Å²) in [4.78, 5) is 14.2. The van der Waals surface area contributed by atoms with E-state index in [1.807, 2.05) is 24.3 Å². The van der Waals surface area contributed by atoms with Crippen LogP contribution in [-0.2, 0) is 9.53 Å². The van der Waals surface area contributed by atoms with Gasteiger partial charge in [-0.2, -0.15) is 0 Å². The second kappa shape index (κ2) is 6.03. The number of nitrogens with zero attached hydrogens (tertiary/aromatic N) is 1. The monoisotopic (exact) mass is 292 g/mol. The standard InChI is InChI=1S/C16H24N2O3/c1-16(2,21-4)15(19)18-9-13(14(17)10-18)11-5-7-12(20-3)8-6-11/h5-8,13-14H,9-10,17H2,1-4H3. The first kappa shape index (κ1) is 15.8. The van der Waals surface area contributed by atoms with Crippen LogP contribution in [0.4, 0.5) is 0 Å². The molecule has 0 aromatic heterocycles. The lowest BCUT2D eigenvalue weighted by Crippen LogP contribution is -2.46. The number of methoxy groups -OCH3 is 2. The van der Waals surface area contributed by atoms with Crippen molar-refractivity contribution in [3.63, 3.8) is 0 Å². The van der Waals surface area contributed by atoms with E-state index in [9.17, 15) is 4.79 Å². The first-order valence-electron chi connectivity index (χ1n) is 7.13. The van der Waals surface area contributed by atoms with Gasteiger partial charge in [-0.1, -0.05) is 12.1 Å². The molecule has 1 saturated heterocycles. The summed E-state index contributed by atoms with van der Waals surface area (Å²) >= 11 is 0. The van der Waals surface area contributed by atoms with E-state index >= 15 is 0 Å². The molecular weight excluding hydrogens is 268 g/mol. The van der Waals surface area contributed by atoms with Crippen LogP contribution in [0.2, 0.25) is 0 Å². The van der Waals surface area contributed by atoms with Crippen molar-refractivity contribution in [2.24, 2.45) is 5.73 Å². The summed E-state index contributed by atoms with van der Waals surface area (Å²) in [6.07, 6.45) is 0. The molecule has 21 heavy (non-hydrogen) atoms. The first-order valence-corrected chi connectivity index (χ1v) is 7.13. The van der Waals surface area contributed by atoms with Gasteiger partial charge in [0.2, 0.25) is 0 Å². The van der Waals surface area contributed by atoms with Gasteiger partial charge in [0.1, 0.15) is 11.4 Å². The molecular formula is C16H24N2O3. The number of amides is 1. The normalized spacial score (nSPS) is 22.4. The Kier molecular flexibility index (Phi) is 4.54. The average molecular weight is 292 g/mol. The van der Waals surface area contributed by atoms with E-state index in [-0.39, 0.29) is 17.9 Å². The highest BCUT2D eigenvalue weighted by Gasteiger charge is 2.39. The van der Waals surface area contributed by atoms with E-state index in [0.29, 0.717) is 13.1 Å². The summed E-state index contributed by atoms with van der Waals surface area (Å²) in [6, 6.07) is 7.81. The Bertz CT molecular complexity index is 499. The molecule has 2 rings (SSSR count). The predicted octanol–water partition coefficient (Wildman–Crippen LogP) is 1.37. The van der Waals surface area contributed by atoms with Crippen LogP contribution in [-0.4, -0.2) is 49.8 Å². The van der Waals surface area contributed by atoms with Crippen LogP contribution in [0.5, 0.6) is 5.75 Å². The summed E-state index contributed by atoms with van der Waals surface area (Å²) in [5, 5.41) is 0. The summed E-state index contributed by atoms with van der Waals surface area (Å²) in [7, 11) is 3.19. The highest BCUT2D eigenvalue weighted by atomic mass is 16.5. The maximum Gasteiger partial charge on any atom is 0.254 e. The van der Waals surface area contributed by atoms with Gasteiger partial charge in [0.05, 0.1) is 7.11 Å². The fourth-order valence-electron chi connectivity index (χ4n) is 2.67. The van der Waals surface area contributed by atoms with E-state index < -0.39 is 5.60 Å². The van der Waals surface area contributed by atoms with Gasteiger partial charge in [0.25, 0.3) is 5.91 Å². The van der Waals surface area contributed by atoms with Gasteiger partial charge >= 0.3 is 0 Å². The molecule has 1 fully saturated rings. The zero-order valence-electron chi connectivity index (χ0n) is 13.1. The lowest BCUT2D eigenvalue weighted by atomic mass is 9.95. The Balaban J connectivity index is 2.12. The maximum absolute atomic E-state index is 12.4. The fraction of sp³-hybridized carbons (Fsp3) is 0.562. The van der Waals surface area contributed by atoms with E-state index in [4.69, 9.17) is 15.2 Å². The van der Waals surface area contributed by atoms with Crippen LogP contribution in [0.15, 0.2) is 24.3 Å². The predicted molar refractivity (Wildman–Crippen MR) is 81.4 cm³/mol. The molecule has 2 N–H and O–H groups in total. The molecule has 5 heteroatoms. The quantitative estimate of drug-likeness (QED) is 0.910. The molecule has 0 radical (unpaired) electrons. The van der Waals surface area contributed by atoms with E-state index in [2.05, 4.69) is 0 Å². The third-order valence-electron chi connectivity index (χ3n) is 4.22. The third-order valence-corrected chi connectivity index (χ3v) is 4.22. The Morgan fingerprint density at radius 1 is 1.24 bits per heavy atom. The van der Waals surface area contributed by atoms with Crippen molar-refractivity contribution in [2.45, 2.75) is 31.4 Å². The van der Waals surface area contributed by atoms with Crippen molar-refractivity contribution in [1.82, 2.24) is 4.90 Å². The molecule has 1 aliphatic rings. The minimum Gasteiger partial charge on any atom is -0.497 e. The van der Waals surface area contributed by atoms with Crippen LogP contribution in [0.3, 0.4) is 0 Å². The van der Waals surface area contributed by atoms with Crippen LogP contribution in [0.1, 0.15) is 25.3 Å². The highest BCUT2D eigenvalue weighted by molar-refractivity contribution is 5.84. The van der Waals surface area contributed by atoms with E-state index in [1.165, 1.54) is 0 Å². The summed E-state index contributed by atoms with van der Waals surface area (Å²) in [5.74, 6) is 0.947. The smallest absolute Gasteiger partial charge is 0.254 e. The van der Waals surface area contributed by atoms with Gasteiger partial charge in [-0.3, -0.25) is 4.79 Å². The second-order valence-corrected chi connectivity index (χ2v) is 5.97. The summed E-state index contributed by atoms with van der Waals surface area (Å²) in [6.45, 7) is 4.74. The molecule has 0 bridgehead atoms. The summed E-state index contributed by atoms with van der Waals surface area (Å²) in [5.41, 5.74) is 6.55. The van der Waals surface area contributed by atoms with Crippen LogP contribution in [0, 0.1) is 0 Å². The molecule has 2 atom stereocenters. The van der Waals surface area contributed by atoms with Crippen LogP contribution < -0.4 is 10.5 Å². The molecule has 0 aliphatic carbocycles. The third kappa shape index (κ3) is 3.19. The molecule has 5 nitrogen and oxygen atoms in total. The van der Waals surface area contributed by atoms with Crippen molar-refractivity contribution in [3.05, 3.63) is 29.8 Å². The molecule has 1 aromatic carbocycles. The van der Waals surface area contributed by atoms with Crippen molar-refractivity contribution >= 4 is 5.91 Å². The van der Waals surface area contributed by atoms with Gasteiger partial charge in [-0.15, -0.1) is 0 Å². The zero-order valence-corrected chi connectivity index (χ0v) is 13.1. The van der Waals surface area contributed by atoms with Gasteiger partial charge in [-0.25, -0.2) is 0 Å². The number of likely N-dealkylation sites (tertiary alicyclic amines) is 1. The zero-order chi connectivity index (χ0) is 15.6. The fourth-order valence-corrected chi connectivity index (χ4v) is 2.67. The molecule has 1 amide bonds. The Hall–Kier alpha value is -1.59. The van der Waals surface area contributed by atoms with Gasteiger partial charge < -0.3 is 20.1 Å². The second-order valence-electron chi connectivity index (χ2n) is 5.97. The molecule has 0 saturated carbocycles. The average Bonchev–Trinajstić information content (AvgIpc) is 2.88. The molecule has 0 spiro atoms. The number of ether oxygens (including phenoxy) is 2. The Morgan fingerprint density at radius 3 is 2.38 bits per heavy atom. The van der Waals surface area contributed by atoms with Crippen molar-refractivity contribution in [3.8, 4) is 5.75 Å². The van der Waals surface area contributed by atoms with Crippen molar-refractivity contribution in [2.75, 3.05) is 27.3 Å². The van der Waals surface area contributed by atoms with Crippen molar-refractivity contribution < 1.29 is 14.3 Å². The SMILES string of the molecule is COc1ccc(C2CN(C(=O)C(C)(C)OC)CC2N)cc1. The number of nitrogens with two attached hydrogens (primary N) is 1. The lowest BCUT2D eigenvalue weighted by Gasteiger charge is -2.28. The minimum absolute atomic E-state index is 0.0172. The first-order chi connectivity index (χ1) is 9.89. The number of hydrogen-bond donors (Lipinski definition) is 1. The van der Waals surface area contributed by atoms with Crippen LogP contribution in [0.25, 0.3) is 0 Å². The van der Waals surface area contributed by atoms with Gasteiger partial charge in [0, 0.05) is 32.2 Å². The van der Waals surface area contributed by atoms with Gasteiger partial charge in [-0.05, 0) is 31.5 Å². The molecule has 1 heterocycles. The lowest BCUT2D eigenvalue weighted by molar-refractivity contribution is -0.149.